The summed E-state index contributed by atoms with van der Waals surface area (Å²) in [4.78, 5) is 0. The maximum Gasteiger partial charge on any atom is 0.0680 e. The third kappa shape index (κ3) is 2.59. The van der Waals surface area contributed by atoms with Gasteiger partial charge in [0, 0.05) is 29.0 Å². The van der Waals surface area contributed by atoms with Gasteiger partial charge in [0.1, 0.15) is 0 Å². The van der Waals surface area contributed by atoms with E-state index in [9.17, 15) is 0 Å². The van der Waals surface area contributed by atoms with Crippen LogP contribution in [0.5, 0.6) is 0 Å². The van der Waals surface area contributed by atoms with Gasteiger partial charge in [0.2, 0.25) is 0 Å². The van der Waals surface area contributed by atoms with Gasteiger partial charge in [-0.15, -0.1) is 17.7 Å². The third-order valence-corrected chi connectivity index (χ3v) is 4.84. The van der Waals surface area contributed by atoms with Crippen LogP contribution in [0.3, 0.4) is 0 Å². The summed E-state index contributed by atoms with van der Waals surface area (Å²) in [5, 5.41) is 0. The zero-order chi connectivity index (χ0) is 15.9. The van der Waals surface area contributed by atoms with Crippen LogP contribution in [-0.2, 0) is 0 Å². The molecule has 4 rings (SSSR count). The second-order valence-electron chi connectivity index (χ2n) is 7.13. The van der Waals surface area contributed by atoms with Gasteiger partial charge in [0.25, 0.3) is 0 Å². The maximum absolute atomic E-state index is 2.45. The molecule has 2 aromatic rings. The molecule has 0 heterocycles. The highest BCUT2D eigenvalue weighted by atomic mass is 14.4. The molecular formula is C23H22. The van der Waals surface area contributed by atoms with E-state index in [4.69, 9.17) is 0 Å². The third-order valence-electron chi connectivity index (χ3n) is 4.84. The SMILES string of the molecule is CC1(C)C=C2C(=C1)[C-](c1ccccc1)CC[C+]2c1ccccc1. The van der Waals surface area contributed by atoms with Crippen LogP contribution >= 0.6 is 0 Å². The Labute approximate surface area is 139 Å². The smallest absolute Gasteiger partial charge is 0.0680 e. The minimum atomic E-state index is 0.134. The van der Waals surface area contributed by atoms with E-state index in [0.717, 1.165) is 12.8 Å². The molecule has 0 radical (unpaired) electrons. The first-order valence-corrected chi connectivity index (χ1v) is 8.43. The van der Waals surface area contributed by atoms with Crippen molar-refractivity contribution in [1.29, 1.82) is 0 Å². The van der Waals surface area contributed by atoms with E-state index < -0.39 is 0 Å². The lowest BCUT2D eigenvalue weighted by atomic mass is 9.71. The van der Waals surface area contributed by atoms with Crippen molar-refractivity contribution in [1.82, 2.24) is 0 Å². The van der Waals surface area contributed by atoms with Crippen molar-refractivity contribution in [3.8, 4) is 0 Å². The van der Waals surface area contributed by atoms with Crippen LogP contribution in [0.2, 0.25) is 0 Å². The molecule has 23 heavy (non-hydrogen) atoms. The molecule has 0 atom stereocenters. The molecule has 0 nitrogen and oxygen atoms in total. The van der Waals surface area contributed by atoms with Crippen molar-refractivity contribution in [2.45, 2.75) is 26.7 Å². The lowest BCUT2D eigenvalue weighted by molar-refractivity contribution is 0.633. The summed E-state index contributed by atoms with van der Waals surface area (Å²) in [6.07, 6.45) is 7.14. The molecule has 1 saturated carbocycles. The molecule has 0 heteroatoms. The van der Waals surface area contributed by atoms with Crippen LogP contribution in [0.1, 0.15) is 37.8 Å². The summed E-state index contributed by atoms with van der Waals surface area (Å²) in [5.74, 6) is 3.00. The first-order chi connectivity index (χ1) is 11.1. The molecule has 1 fully saturated rings. The molecule has 0 aromatic heterocycles. The maximum atomic E-state index is 2.45. The van der Waals surface area contributed by atoms with Crippen LogP contribution in [0.15, 0.2) is 84.0 Å². The van der Waals surface area contributed by atoms with Gasteiger partial charge < -0.3 is 0 Å². The first-order valence-electron chi connectivity index (χ1n) is 8.43. The minimum Gasteiger partial charge on any atom is -0.118 e. The average molecular weight is 298 g/mol. The molecule has 0 amide bonds. The van der Waals surface area contributed by atoms with E-state index in [1.807, 2.05) is 0 Å². The Morgan fingerprint density at radius 1 is 0.870 bits per heavy atom. The number of fused-ring (bicyclic) bond motifs is 1. The number of hydrogen-bond acceptors (Lipinski definition) is 0. The van der Waals surface area contributed by atoms with Crippen molar-refractivity contribution < 1.29 is 0 Å². The Kier molecular flexibility index (Phi) is 3.34. The van der Waals surface area contributed by atoms with E-state index in [0.29, 0.717) is 0 Å². The number of rotatable bonds is 2. The standard InChI is InChI=1S/C23H22/c1-23(2)15-21-19(17-9-5-3-6-10-17)13-14-20(22(21)16-23)18-11-7-4-8-12-18/h3-12,15-16H,13-14H2,1-2H3. The predicted octanol–water partition coefficient (Wildman–Crippen LogP) is 5.92. The van der Waals surface area contributed by atoms with Crippen LogP contribution in [0, 0.1) is 17.3 Å². The summed E-state index contributed by atoms with van der Waals surface area (Å²) in [5.41, 5.74) is 5.77. The Morgan fingerprint density at radius 2 is 1.52 bits per heavy atom. The van der Waals surface area contributed by atoms with Crippen LogP contribution < -0.4 is 0 Å². The largest absolute Gasteiger partial charge is 0.118 e. The number of benzene rings is 2. The highest BCUT2D eigenvalue weighted by Gasteiger charge is 2.37. The van der Waals surface area contributed by atoms with Crippen molar-refractivity contribution in [2.75, 3.05) is 0 Å². The fourth-order valence-electron chi connectivity index (χ4n) is 3.84. The van der Waals surface area contributed by atoms with E-state index in [-0.39, 0.29) is 5.41 Å². The number of hydrogen-bond donors (Lipinski definition) is 0. The Hall–Kier alpha value is -2.34. The van der Waals surface area contributed by atoms with Gasteiger partial charge in [0.15, 0.2) is 0 Å². The van der Waals surface area contributed by atoms with E-state index >= 15 is 0 Å². The summed E-state index contributed by atoms with van der Waals surface area (Å²) in [6, 6.07) is 21.7. The monoisotopic (exact) mass is 298 g/mol. The van der Waals surface area contributed by atoms with E-state index in [2.05, 4.69) is 86.7 Å². The lowest BCUT2D eigenvalue weighted by Crippen LogP contribution is -2.18. The summed E-state index contributed by atoms with van der Waals surface area (Å²) in [6.45, 7) is 4.60. The van der Waals surface area contributed by atoms with Gasteiger partial charge in [-0.05, 0) is 37.1 Å². The molecular weight excluding hydrogens is 276 g/mol. The molecule has 0 aliphatic heterocycles. The predicted molar refractivity (Wildman–Crippen MR) is 96.8 cm³/mol. The molecule has 2 aliphatic carbocycles. The molecule has 0 saturated heterocycles. The minimum absolute atomic E-state index is 0.134. The topological polar surface area (TPSA) is 0 Å². The highest BCUT2D eigenvalue weighted by molar-refractivity contribution is 5.67. The van der Waals surface area contributed by atoms with Crippen molar-refractivity contribution in [3.05, 3.63) is 107 Å². The first kappa shape index (κ1) is 14.3. The van der Waals surface area contributed by atoms with Gasteiger partial charge in [-0.2, -0.15) is 0 Å². The molecule has 0 unspecified atom stereocenters. The lowest BCUT2D eigenvalue weighted by Gasteiger charge is -2.34. The normalized spacial score (nSPS) is 19.2. The van der Waals surface area contributed by atoms with Crippen LogP contribution in [-0.4, -0.2) is 0 Å². The van der Waals surface area contributed by atoms with Crippen molar-refractivity contribution in [3.63, 3.8) is 0 Å². The summed E-state index contributed by atoms with van der Waals surface area (Å²) < 4.78 is 0. The molecule has 2 aliphatic rings. The quantitative estimate of drug-likeness (QED) is 0.604. The Bertz CT molecular complexity index is 682. The van der Waals surface area contributed by atoms with Crippen molar-refractivity contribution >= 4 is 0 Å². The van der Waals surface area contributed by atoms with Crippen molar-refractivity contribution in [2.24, 2.45) is 5.41 Å². The average Bonchev–Trinajstić information content (AvgIpc) is 2.90. The fraction of sp³-hybridized carbons (Fsp3) is 0.217. The number of allylic oxidation sites excluding steroid dienone is 4. The summed E-state index contributed by atoms with van der Waals surface area (Å²) >= 11 is 0. The zero-order valence-electron chi connectivity index (χ0n) is 13.8. The van der Waals surface area contributed by atoms with Gasteiger partial charge in [-0.1, -0.05) is 49.6 Å². The second-order valence-corrected chi connectivity index (χ2v) is 7.13. The highest BCUT2D eigenvalue weighted by Crippen LogP contribution is 2.52. The molecule has 0 bridgehead atoms. The molecule has 0 N–H and O–H groups in total. The van der Waals surface area contributed by atoms with Gasteiger partial charge in [-0.3, -0.25) is 0 Å². The van der Waals surface area contributed by atoms with Crippen LogP contribution in [0.4, 0.5) is 0 Å². The van der Waals surface area contributed by atoms with Gasteiger partial charge in [-0.25, -0.2) is 0 Å². The fourth-order valence-corrected chi connectivity index (χ4v) is 3.84. The summed E-state index contributed by atoms with van der Waals surface area (Å²) in [7, 11) is 0. The van der Waals surface area contributed by atoms with Gasteiger partial charge >= 0.3 is 0 Å². The van der Waals surface area contributed by atoms with E-state index in [1.165, 1.54) is 34.1 Å². The molecule has 114 valence electrons. The second kappa shape index (κ2) is 5.38. The Morgan fingerprint density at radius 3 is 2.22 bits per heavy atom. The molecule has 2 aromatic carbocycles. The van der Waals surface area contributed by atoms with Crippen LogP contribution in [0.25, 0.3) is 0 Å². The van der Waals surface area contributed by atoms with Gasteiger partial charge in [0.05, 0.1) is 5.56 Å². The van der Waals surface area contributed by atoms with E-state index in [1.54, 1.807) is 0 Å². The Balaban J connectivity index is 1.76. The zero-order valence-corrected chi connectivity index (χ0v) is 13.8. The molecule has 0 spiro atoms.